The van der Waals surface area contributed by atoms with E-state index in [-0.39, 0.29) is 5.37 Å². The molecule has 0 amide bonds. The summed E-state index contributed by atoms with van der Waals surface area (Å²) in [6.07, 6.45) is 10.1. The molecule has 3 nitrogen and oxygen atoms in total. The van der Waals surface area contributed by atoms with Gasteiger partial charge in [0.05, 0.1) is 11.1 Å². The normalized spacial score (nSPS) is 20.1. The van der Waals surface area contributed by atoms with Crippen molar-refractivity contribution in [1.29, 1.82) is 0 Å². The summed E-state index contributed by atoms with van der Waals surface area (Å²) in [5, 5.41) is 0.144. The van der Waals surface area contributed by atoms with Gasteiger partial charge in [-0.15, -0.1) is 0 Å². The van der Waals surface area contributed by atoms with Gasteiger partial charge in [-0.1, -0.05) is 26.0 Å². The van der Waals surface area contributed by atoms with E-state index in [1.807, 2.05) is 25.2 Å². The number of rotatable bonds is 7. The Hall–Kier alpha value is -1.29. The van der Waals surface area contributed by atoms with Gasteiger partial charge in [0, 0.05) is 18.7 Å². The predicted molar refractivity (Wildman–Crippen MR) is 92.9 cm³/mol. The lowest BCUT2D eigenvalue weighted by atomic mass is 10.0. The van der Waals surface area contributed by atoms with Crippen LogP contribution in [0.3, 0.4) is 0 Å². The molecule has 1 unspecified atom stereocenters. The monoisotopic (exact) mass is 291 g/mol. The highest BCUT2D eigenvalue weighted by Gasteiger charge is 2.20. The average Bonchev–Trinajstić information content (AvgIpc) is 2.48. The van der Waals surface area contributed by atoms with Crippen LogP contribution in [-0.4, -0.2) is 35.8 Å². The molecule has 1 aliphatic rings. The Kier molecular flexibility index (Phi) is 7.37. The Morgan fingerprint density at radius 3 is 2.55 bits per heavy atom. The molecule has 1 aliphatic carbocycles. The minimum atomic E-state index is 0.144. The molecule has 0 heterocycles. The van der Waals surface area contributed by atoms with E-state index in [0.717, 1.165) is 43.0 Å². The summed E-state index contributed by atoms with van der Waals surface area (Å²) in [7, 11) is 0. The molecule has 1 atom stereocenters. The summed E-state index contributed by atoms with van der Waals surface area (Å²) in [5.74, 6) is 0.876. The van der Waals surface area contributed by atoms with Crippen LogP contribution in [0.1, 0.15) is 33.6 Å². The van der Waals surface area contributed by atoms with Crippen LogP contribution in [0.25, 0.3) is 0 Å². The minimum Gasteiger partial charge on any atom is -0.344 e. The first-order valence-electron chi connectivity index (χ1n) is 7.24. The molecule has 0 aromatic rings. The number of thiol groups is 1. The van der Waals surface area contributed by atoms with Crippen molar-refractivity contribution in [1.82, 2.24) is 4.90 Å². The molecule has 0 bridgehead atoms. The molecule has 4 heteroatoms. The number of aliphatic imine (C=N–C) groups is 2. The van der Waals surface area contributed by atoms with Crippen LogP contribution in [0.2, 0.25) is 0 Å². The van der Waals surface area contributed by atoms with Gasteiger partial charge in [-0.25, -0.2) is 4.99 Å². The summed E-state index contributed by atoms with van der Waals surface area (Å²) in [4.78, 5) is 11.0. The summed E-state index contributed by atoms with van der Waals surface area (Å²) in [6.45, 7) is 11.7. The first-order chi connectivity index (χ1) is 9.69. The van der Waals surface area contributed by atoms with E-state index >= 15 is 0 Å². The van der Waals surface area contributed by atoms with Crippen LogP contribution < -0.4 is 0 Å². The number of hydrogen-bond acceptors (Lipinski definition) is 4. The molecule has 0 spiro atoms. The zero-order valence-electron chi connectivity index (χ0n) is 12.7. The van der Waals surface area contributed by atoms with Crippen molar-refractivity contribution >= 4 is 25.1 Å². The third kappa shape index (κ3) is 4.10. The van der Waals surface area contributed by atoms with E-state index in [0.29, 0.717) is 0 Å². The molecule has 20 heavy (non-hydrogen) atoms. The second-order valence-electron chi connectivity index (χ2n) is 4.56. The van der Waals surface area contributed by atoms with Crippen LogP contribution >= 0.6 is 12.6 Å². The zero-order valence-corrected chi connectivity index (χ0v) is 13.6. The summed E-state index contributed by atoms with van der Waals surface area (Å²) >= 11 is 4.68. The van der Waals surface area contributed by atoms with Crippen LogP contribution in [0.4, 0.5) is 0 Å². The summed E-state index contributed by atoms with van der Waals surface area (Å²) in [6, 6.07) is 0. The number of nitrogens with zero attached hydrogens (tertiary/aromatic N) is 3. The van der Waals surface area contributed by atoms with Gasteiger partial charge in [-0.05, 0) is 38.6 Å². The predicted octanol–water partition coefficient (Wildman–Crippen LogP) is 3.86. The molecule has 110 valence electrons. The van der Waals surface area contributed by atoms with E-state index in [9.17, 15) is 0 Å². The SMILES string of the molecule is C=N/C(=C1/C=CC=CC1=NCC)N(CCC)C(S)CC. The highest BCUT2D eigenvalue weighted by atomic mass is 32.1. The molecule has 0 saturated carbocycles. The second-order valence-corrected chi connectivity index (χ2v) is 5.15. The fraction of sp³-hybridized carbons (Fsp3) is 0.500. The Morgan fingerprint density at radius 2 is 2.00 bits per heavy atom. The van der Waals surface area contributed by atoms with Crippen LogP contribution in [-0.2, 0) is 0 Å². The van der Waals surface area contributed by atoms with Gasteiger partial charge in [0.25, 0.3) is 0 Å². The molecule has 0 aliphatic heterocycles. The summed E-state index contributed by atoms with van der Waals surface area (Å²) in [5.41, 5.74) is 2.00. The highest BCUT2D eigenvalue weighted by Crippen LogP contribution is 2.23. The first-order valence-corrected chi connectivity index (χ1v) is 7.76. The summed E-state index contributed by atoms with van der Waals surface area (Å²) < 4.78 is 0. The second kappa shape index (κ2) is 8.80. The Labute approximate surface area is 128 Å². The fourth-order valence-electron chi connectivity index (χ4n) is 2.16. The lowest BCUT2D eigenvalue weighted by molar-refractivity contribution is 0.316. The lowest BCUT2D eigenvalue weighted by Gasteiger charge is -2.31. The molecule has 0 N–H and O–H groups in total. The molecule has 1 rings (SSSR count). The molecular formula is C16H25N3S. The number of hydrogen-bond donors (Lipinski definition) is 1. The maximum absolute atomic E-state index is 4.68. The minimum absolute atomic E-state index is 0.144. The Balaban J connectivity index is 3.27. The van der Waals surface area contributed by atoms with Crippen molar-refractivity contribution in [2.24, 2.45) is 9.98 Å². The maximum atomic E-state index is 4.68. The van der Waals surface area contributed by atoms with Crippen molar-refractivity contribution in [2.45, 2.75) is 39.0 Å². The average molecular weight is 291 g/mol. The van der Waals surface area contributed by atoms with Gasteiger partial charge < -0.3 is 4.90 Å². The van der Waals surface area contributed by atoms with Crippen molar-refractivity contribution in [3.8, 4) is 0 Å². The van der Waals surface area contributed by atoms with Crippen molar-refractivity contribution in [3.63, 3.8) is 0 Å². The van der Waals surface area contributed by atoms with Crippen LogP contribution in [0.5, 0.6) is 0 Å². The Morgan fingerprint density at radius 1 is 1.30 bits per heavy atom. The quantitative estimate of drug-likeness (QED) is 0.430. The lowest BCUT2D eigenvalue weighted by Crippen LogP contribution is -2.32. The third-order valence-corrected chi connectivity index (χ3v) is 3.73. The number of allylic oxidation sites excluding steroid dienone is 5. The molecular weight excluding hydrogens is 266 g/mol. The zero-order chi connectivity index (χ0) is 15.0. The Bertz CT molecular complexity index is 447. The standard InChI is InChI=1S/C16H25N3S/c1-5-12-19(15(20)6-2)16(17-4)13-10-8-9-11-14(13)18-7-3/h8-11,15,20H,4-7,12H2,1-3H3/b16-13+,18-14?. The van der Waals surface area contributed by atoms with E-state index in [1.165, 1.54) is 0 Å². The fourth-order valence-corrected chi connectivity index (χ4v) is 2.38. The molecule has 0 aromatic heterocycles. The van der Waals surface area contributed by atoms with Crippen molar-refractivity contribution < 1.29 is 0 Å². The molecule has 0 radical (unpaired) electrons. The van der Waals surface area contributed by atoms with Gasteiger partial charge in [-0.2, -0.15) is 12.6 Å². The van der Waals surface area contributed by atoms with Gasteiger partial charge >= 0.3 is 0 Å². The molecule has 0 aromatic carbocycles. The van der Waals surface area contributed by atoms with Crippen molar-refractivity contribution in [3.05, 3.63) is 35.7 Å². The molecule has 0 fully saturated rings. The van der Waals surface area contributed by atoms with Gasteiger partial charge in [0.2, 0.25) is 0 Å². The van der Waals surface area contributed by atoms with E-state index < -0.39 is 0 Å². The van der Waals surface area contributed by atoms with Crippen molar-refractivity contribution in [2.75, 3.05) is 13.1 Å². The van der Waals surface area contributed by atoms with Crippen LogP contribution in [0.15, 0.2) is 45.7 Å². The largest absolute Gasteiger partial charge is 0.344 e. The third-order valence-electron chi connectivity index (χ3n) is 3.08. The maximum Gasteiger partial charge on any atom is 0.138 e. The van der Waals surface area contributed by atoms with Gasteiger partial charge in [-0.3, -0.25) is 4.99 Å². The van der Waals surface area contributed by atoms with Gasteiger partial charge in [0.15, 0.2) is 0 Å². The molecule has 0 saturated heterocycles. The van der Waals surface area contributed by atoms with Crippen LogP contribution in [0, 0.1) is 0 Å². The topological polar surface area (TPSA) is 28.0 Å². The van der Waals surface area contributed by atoms with Gasteiger partial charge in [0.1, 0.15) is 5.82 Å². The highest BCUT2D eigenvalue weighted by molar-refractivity contribution is 7.80. The van der Waals surface area contributed by atoms with E-state index in [2.05, 4.69) is 54.2 Å². The van der Waals surface area contributed by atoms with E-state index in [4.69, 9.17) is 0 Å². The smallest absolute Gasteiger partial charge is 0.138 e. The first kappa shape index (κ1) is 16.8. The van der Waals surface area contributed by atoms with E-state index in [1.54, 1.807) is 0 Å².